The van der Waals surface area contributed by atoms with Crippen molar-refractivity contribution < 1.29 is 4.79 Å². The first-order valence-corrected chi connectivity index (χ1v) is 7.44. The number of aromatic nitrogens is 2. The summed E-state index contributed by atoms with van der Waals surface area (Å²) in [6, 6.07) is 2.01. The van der Waals surface area contributed by atoms with E-state index in [1.54, 1.807) is 11.3 Å². The molecule has 4 nitrogen and oxygen atoms in total. The van der Waals surface area contributed by atoms with Gasteiger partial charge in [0.1, 0.15) is 5.82 Å². The molecule has 0 bridgehead atoms. The average molecular weight is 275 g/mol. The summed E-state index contributed by atoms with van der Waals surface area (Å²) in [5.41, 5.74) is 1.80. The van der Waals surface area contributed by atoms with E-state index < -0.39 is 0 Å². The number of imidazole rings is 1. The second-order valence-electron chi connectivity index (χ2n) is 5.02. The van der Waals surface area contributed by atoms with Crippen molar-refractivity contribution in [2.45, 2.75) is 25.8 Å². The summed E-state index contributed by atoms with van der Waals surface area (Å²) in [5, 5.41) is 3.87. The van der Waals surface area contributed by atoms with Gasteiger partial charge in [-0.2, -0.15) is 11.3 Å². The molecule has 1 atom stereocenters. The Bertz CT molecular complexity index is 588. The molecule has 0 aliphatic carbocycles. The highest BCUT2D eigenvalue weighted by atomic mass is 32.1. The Kier molecular flexibility index (Phi) is 3.14. The molecule has 2 aromatic rings. The molecule has 0 spiro atoms. The quantitative estimate of drug-likeness (QED) is 0.845. The van der Waals surface area contributed by atoms with E-state index in [1.165, 1.54) is 0 Å². The van der Waals surface area contributed by atoms with Gasteiger partial charge in [-0.1, -0.05) is 0 Å². The highest BCUT2D eigenvalue weighted by Crippen LogP contribution is 2.32. The van der Waals surface area contributed by atoms with E-state index in [0.717, 1.165) is 36.5 Å². The molecule has 1 fully saturated rings. The number of hydrogen-bond acceptors (Lipinski definition) is 3. The molecule has 0 aromatic carbocycles. The molecular weight excluding hydrogens is 258 g/mol. The summed E-state index contributed by atoms with van der Waals surface area (Å²) < 4.78 is 2.04. The van der Waals surface area contributed by atoms with Crippen LogP contribution in [0.3, 0.4) is 0 Å². The molecule has 0 N–H and O–H groups in total. The van der Waals surface area contributed by atoms with E-state index in [2.05, 4.69) is 4.98 Å². The number of amides is 1. The fourth-order valence-electron chi connectivity index (χ4n) is 2.77. The first kappa shape index (κ1) is 12.4. The van der Waals surface area contributed by atoms with Crippen LogP contribution in [0.1, 0.15) is 40.8 Å². The van der Waals surface area contributed by atoms with Gasteiger partial charge >= 0.3 is 0 Å². The number of nitrogens with zero attached hydrogens (tertiary/aromatic N) is 3. The Morgan fingerprint density at radius 2 is 2.37 bits per heavy atom. The minimum atomic E-state index is 0.117. The molecule has 5 heteroatoms. The molecule has 1 aliphatic heterocycles. The summed E-state index contributed by atoms with van der Waals surface area (Å²) in [5.74, 6) is 1.13. The molecular formula is C14H17N3OS. The third-order valence-electron chi connectivity index (χ3n) is 3.61. The molecule has 19 heavy (non-hydrogen) atoms. The normalized spacial score (nSPS) is 19.1. The lowest BCUT2D eigenvalue weighted by atomic mass is 10.2. The van der Waals surface area contributed by atoms with Gasteiger partial charge in [0, 0.05) is 25.2 Å². The highest BCUT2D eigenvalue weighted by molar-refractivity contribution is 7.08. The highest BCUT2D eigenvalue weighted by Gasteiger charge is 2.33. The molecule has 0 unspecified atom stereocenters. The SMILES string of the molecule is Cc1cn(C)c([C@H]2CCCN2C(=O)c2ccsc2)n1. The molecule has 1 aliphatic rings. The van der Waals surface area contributed by atoms with Crippen molar-refractivity contribution in [1.82, 2.24) is 14.5 Å². The number of aryl methyl sites for hydroxylation is 2. The maximum Gasteiger partial charge on any atom is 0.255 e. The summed E-state index contributed by atoms with van der Waals surface area (Å²) in [7, 11) is 2.00. The lowest BCUT2D eigenvalue weighted by Crippen LogP contribution is -2.31. The molecule has 3 rings (SSSR count). The van der Waals surface area contributed by atoms with E-state index in [0.29, 0.717) is 0 Å². The van der Waals surface area contributed by atoms with Crippen molar-refractivity contribution in [2.24, 2.45) is 7.05 Å². The van der Waals surface area contributed by atoms with E-state index in [4.69, 9.17) is 0 Å². The minimum absolute atomic E-state index is 0.117. The summed E-state index contributed by atoms with van der Waals surface area (Å²) in [6.07, 6.45) is 4.06. The first-order valence-electron chi connectivity index (χ1n) is 6.50. The van der Waals surface area contributed by atoms with Gasteiger partial charge in [0.05, 0.1) is 17.3 Å². The van der Waals surface area contributed by atoms with Crippen molar-refractivity contribution in [1.29, 1.82) is 0 Å². The van der Waals surface area contributed by atoms with Crippen molar-refractivity contribution >= 4 is 17.2 Å². The van der Waals surface area contributed by atoms with Gasteiger partial charge in [-0.15, -0.1) is 0 Å². The van der Waals surface area contributed by atoms with Crippen molar-refractivity contribution in [3.8, 4) is 0 Å². The lowest BCUT2D eigenvalue weighted by Gasteiger charge is -2.24. The van der Waals surface area contributed by atoms with Gasteiger partial charge < -0.3 is 9.47 Å². The van der Waals surface area contributed by atoms with E-state index in [-0.39, 0.29) is 11.9 Å². The molecule has 0 radical (unpaired) electrons. The second kappa shape index (κ2) is 4.81. The Hall–Kier alpha value is -1.62. The van der Waals surface area contributed by atoms with E-state index >= 15 is 0 Å². The number of hydrogen-bond donors (Lipinski definition) is 0. The second-order valence-corrected chi connectivity index (χ2v) is 5.80. The number of carbonyl (C=O) groups excluding carboxylic acids is 1. The molecule has 0 saturated carbocycles. The Balaban J connectivity index is 1.90. The molecule has 2 aromatic heterocycles. The monoisotopic (exact) mass is 275 g/mol. The number of likely N-dealkylation sites (tertiary alicyclic amines) is 1. The van der Waals surface area contributed by atoms with Crippen LogP contribution < -0.4 is 0 Å². The van der Waals surface area contributed by atoms with Crippen molar-refractivity contribution in [3.63, 3.8) is 0 Å². The lowest BCUT2D eigenvalue weighted by molar-refractivity contribution is 0.0728. The Morgan fingerprint density at radius 1 is 1.53 bits per heavy atom. The van der Waals surface area contributed by atoms with Crippen LogP contribution in [-0.4, -0.2) is 26.9 Å². The van der Waals surface area contributed by atoms with Crippen LogP contribution in [0.25, 0.3) is 0 Å². The van der Waals surface area contributed by atoms with Gasteiger partial charge in [0.25, 0.3) is 5.91 Å². The fourth-order valence-corrected chi connectivity index (χ4v) is 3.40. The predicted molar refractivity (Wildman–Crippen MR) is 75.3 cm³/mol. The zero-order valence-electron chi connectivity index (χ0n) is 11.2. The minimum Gasteiger partial charge on any atom is -0.336 e. The van der Waals surface area contributed by atoms with Crippen LogP contribution in [-0.2, 0) is 7.05 Å². The third-order valence-corrected chi connectivity index (χ3v) is 4.30. The number of thiophene rings is 1. The van der Waals surface area contributed by atoms with Crippen LogP contribution in [0.5, 0.6) is 0 Å². The zero-order chi connectivity index (χ0) is 13.4. The molecule has 1 saturated heterocycles. The molecule has 3 heterocycles. The maximum atomic E-state index is 12.5. The molecule has 1 amide bonds. The van der Waals surface area contributed by atoms with Crippen LogP contribution in [0.4, 0.5) is 0 Å². The van der Waals surface area contributed by atoms with Gasteiger partial charge in [0.15, 0.2) is 0 Å². The van der Waals surface area contributed by atoms with Gasteiger partial charge in [-0.25, -0.2) is 4.98 Å². The van der Waals surface area contributed by atoms with Crippen LogP contribution in [0.2, 0.25) is 0 Å². The fraction of sp³-hybridized carbons (Fsp3) is 0.429. The summed E-state index contributed by atoms with van der Waals surface area (Å²) in [4.78, 5) is 19.0. The zero-order valence-corrected chi connectivity index (χ0v) is 12.0. The Labute approximate surface area is 116 Å². The van der Waals surface area contributed by atoms with E-state index in [1.807, 2.05) is 46.5 Å². The van der Waals surface area contributed by atoms with E-state index in [9.17, 15) is 4.79 Å². The van der Waals surface area contributed by atoms with Crippen molar-refractivity contribution in [3.05, 3.63) is 40.1 Å². The number of carbonyl (C=O) groups is 1. The third kappa shape index (κ3) is 2.18. The van der Waals surface area contributed by atoms with Gasteiger partial charge in [-0.3, -0.25) is 4.79 Å². The smallest absolute Gasteiger partial charge is 0.255 e. The first-order chi connectivity index (χ1) is 9.16. The van der Waals surface area contributed by atoms with Gasteiger partial charge in [0.2, 0.25) is 0 Å². The maximum absolute atomic E-state index is 12.5. The summed E-state index contributed by atoms with van der Waals surface area (Å²) >= 11 is 1.56. The summed E-state index contributed by atoms with van der Waals surface area (Å²) in [6.45, 7) is 2.81. The van der Waals surface area contributed by atoms with Gasteiger partial charge in [-0.05, 0) is 31.2 Å². The largest absolute Gasteiger partial charge is 0.336 e. The predicted octanol–water partition coefficient (Wildman–Crippen LogP) is 2.77. The topological polar surface area (TPSA) is 38.1 Å². The number of rotatable bonds is 2. The average Bonchev–Trinajstić information content (AvgIpc) is 3.08. The van der Waals surface area contributed by atoms with Crippen molar-refractivity contribution in [2.75, 3.05) is 6.54 Å². The van der Waals surface area contributed by atoms with Crippen LogP contribution >= 0.6 is 11.3 Å². The molecule has 100 valence electrons. The standard InChI is InChI=1S/C14H17N3OS/c1-10-8-16(2)13(15-10)12-4-3-6-17(12)14(18)11-5-7-19-9-11/h5,7-9,12H,3-4,6H2,1-2H3/t12-/m1/s1. The Morgan fingerprint density at radius 3 is 3.00 bits per heavy atom. The van der Waals surface area contributed by atoms with Crippen LogP contribution in [0.15, 0.2) is 23.0 Å². The van der Waals surface area contributed by atoms with Crippen LogP contribution in [0, 0.1) is 6.92 Å².